The summed E-state index contributed by atoms with van der Waals surface area (Å²) in [6, 6.07) is 0. The molecule has 156 valence electrons. The van der Waals surface area contributed by atoms with Crippen molar-refractivity contribution in [3.8, 4) is 0 Å². The van der Waals surface area contributed by atoms with Crippen LogP contribution in [0.1, 0.15) is 61.3 Å². The number of Topliss-reactive ketones (excluding diaryl/α,β-unsaturated/α-hetero) is 2. The summed E-state index contributed by atoms with van der Waals surface area (Å²) in [5.41, 5.74) is 0. The monoisotopic (exact) mass is 384 g/mol. The van der Waals surface area contributed by atoms with Crippen LogP contribution in [0.4, 0.5) is 0 Å². The van der Waals surface area contributed by atoms with E-state index in [9.17, 15) is 24.6 Å². The van der Waals surface area contributed by atoms with E-state index in [0.717, 1.165) is 0 Å². The molecule has 1 fully saturated rings. The Balaban J connectivity index is 3.25. The lowest BCUT2D eigenvalue weighted by Gasteiger charge is -2.33. The first-order valence-corrected chi connectivity index (χ1v) is 10.1. The molecule has 0 aliphatic carbocycles. The second-order valence-corrected chi connectivity index (χ2v) is 8.43. The normalized spacial score (nSPS) is 43.1. The quantitative estimate of drug-likeness (QED) is 0.673. The number of rotatable bonds is 1. The molecular weight excluding hydrogens is 348 g/mol. The number of hydrogen-bond acceptors (Lipinski definition) is 6. The Morgan fingerprint density at radius 3 is 1.70 bits per heavy atom. The van der Waals surface area contributed by atoms with Gasteiger partial charge in [-0.05, 0) is 19.8 Å². The summed E-state index contributed by atoms with van der Waals surface area (Å²) >= 11 is 0. The Labute approximate surface area is 162 Å². The smallest absolute Gasteiger partial charge is 0.311 e. The lowest BCUT2D eigenvalue weighted by atomic mass is 9.77. The number of cyclic esters (lactones) is 1. The van der Waals surface area contributed by atoms with Gasteiger partial charge in [0.05, 0.1) is 18.1 Å². The highest BCUT2D eigenvalue weighted by Gasteiger charge is 2.39. The molecular formula is C21H36O6. The van der Waals surface area contributed by atoms with Crippen LogP contribution >= 0.6 is 0 Å². The molecule has 0 aromatic rings. The third-order valence-corrected chi connectivity index (χ3v) is 6.28. The number of esters is 1. The van der Waals surface area contributed by atoms with Gasteiger partial charge in [0, 0.05) is 29.6 Å². The van der Waals surface area contributed by atoms with Gasteiger partial charge < -0.3 is 14.9 Å². The van der Waals surface area contributed by atoms with E-state index in [0.29, 0.717) is 12.8 Å². The van der Waals surface area contributed by atoms with Crippen LogP contribution in [0.5, 0.6) is 0 Å². The maximum absolute atomic E-state index is 12.8. The van der Waals surface area contributed by atoms with Gasteiger partial charge >= 0.3 is 5.97 Å². The third-order valence-electron chi connectivity index (χ3n) is 6.28. The summed E-state index contributed by atoms with van der Waals surface area (Å²) in [6.45, 7) is 12.0. The van der Waals surface area contributed by atoms with E-state index < -0.39 is 53.9 Å². The van der Waals surface area contributed by atoms with Crippen LogP contribution in [0.25, 0.3) is 0 Å². The van der Waals surface area contributed by atoms with Crippen molar-refractivity contribution in [2.75, 3.05) is 0 Å². The zero-order chi connectivity index (χ0) is 21.0. The summed E-state index contributed by atoms with van der Waals surface area (Å²) in [4.78, 5) is 37.9. The van der Waals surface area contributed by atoms with Crippen LogP contribution in [-0.4, -0.2) is 46.1 Å². The maximum Gasteiger partial charge on any atom is 0.311 e. The maximum atomic E-state index is 12.8. The number of aliphatic hydroxyl groups is 2. The highest BCUT2D eigenvalue weighted by Crippen LogP contribution is 2.29. The minimum Gasteiger partial charge on any atom is -0.462 e. The molecule has 1 saturated heterocycles. The average molecular weight is 385 g/mol. The third kappa shape index (κ3) is 5.38. The molecule has 1 aliphatic heterocycles. The Kier molecular flexibility index (Phi) is 8.61. The molecule has 6 nitrogen and oxygen atoms in total. The number of hydrogen-bond donors (Lipinski definition) is 2. The van der Waals surface area contributed by atoms with E-state index in [1.807, 2.05) is 6.92 Å². The van der Waals surface area contributed by atoms with Crippen molar-refractivity contribution in [3.05, 3.63) is 0 Å². The number of ether oxygens (including phenoxy) is 1. The summed E-state index contributed by atoms with van der Waals surface area (Å²) in [7, 11) is 0. The summed E-state index contributed by atoms with van der Waals surface area (Å²) in [5.74, 6) is -4.30. The summed E-state index contributed by atoms with van der Waals surface area (Å²) in [5, 5.41) is 21.2. The first-order valence-electron chi connectivity index (χ1n) is 10.1. The minimum absolute atomic E-state index is 0.103. The summed E-state index contributed by atoms with van der Waals surface area (Å²) in [6.07, 6.45) is -1.84. The molecule has 0 radical (unpaired) electrons. The van der Waals surface area contributed by atoms with Crippen molar-refractivity contribution in [2.45, 2.75) is 79.6 Å². The second kappa shape index (κ2) is 9.78. The number of aliphatic hydroxyl groups excluding tert-OH is 2. The van der Waals surface area contributed by atoms with E-state index in [2.05, 4.69) is 0 Å². The molecule has 1 aliphatic rings. The molecule has 0 bridgehead atoms. The van der Waals surface area contributed by atoms with Gasteiger partial charge in [0.2, 0.25) is 0 Å². The zero-order valence-electron chi connectivity index (χ0n) is 17.6. The molecule has 0 aromatic heterocycles. The van der Waals surface area contributed by atoms with Gasteiger partial charge in [0.15, 0.2) is 0 Å². The van der Waals surface area contributed by atoms with Crippen molar-refractivity contribution in [2.24, 2.45) is 35.5 Å². The van der Waals surface area contributed by atoms with Crippen molar-refractivity contribution in [1.82, 2.24) is 0 Å². The molecule has 27 heavy (non-hydrogen) atoms. The molecule has 9 atom stereocenters. The fourth-order valence-electron chi connectivity index (χ4n) is 4.06. The standard InChI is InChI=1S/C21H36O6/c1-8-16-12(4)19(24)13(5)17(22)10(2)9-11(3)18(23)14(6)20(25)15(7)21(26)27-16/h10-16,19-20,24-25H,8-9H2,1-7H3/t10-,11+,12+,13+,14-,15-,16-,19+,20+/m1/s1. The zero-order valence-corrected chi connectivity index (χ0v) is 17.6. The van der Waals surface area contributed by atoms with Crippen molar-refractivity contribution in [1.29, 1.82) is 0 Å². The molecule has 2 N–H and O–H groups in total. The average Bonchev–Trinajstić information content (AvgIpc) is 2.66. The first-order chi connectivity index (χ1) is 12.4. The van der Waals surface area contributed by atoms with E-state index >= 15 is 0 Å². The predicted molar refractivity (Wildman–Crippen MR) is 102 cm³/mol. The van der Waals surface area contributed by atoms with E-state index in [1.165, 1.54) is 0 Å². The summed E-state index contributed by atoms with van der Waals surface area (Å²) < 4.78 is 5.55. The SMILES string of the molecule is CC[C@H]1OC(=O)[C@H](C)[C@@H](O)[C@H](C)C(=O)[C@@H](C)C[C@@H](C)C(=O)[C@H](C)[C@@H](O)[C@H]1C. The fraction of sp³-hybridized carbons (Fsp3) is 0.857. The highest BCUT2D eigenvalue weighted by atomic mass is 16.5. The van der Waals surface area contributed by atoms with Crippen LogP contribution in [0.15, 0.2) is 0 Å². The molecule has 0 amide bonds. The van der Waals surface area contributed by atoms with E-state index in [1.54, 1.807) is 41.5 Å². The second-order valence-electron chi connectivity index (χ2n) is 8.43. The lowest BCUT2D eigenvalue weighted by molar-refractivity contribution is -0.165. The van der Waals surface area contributed by atoms with Gasteiger partial charge in [-0.2, -0.15) is 0 Å². The van der Waals surface area contributed by atoms with Crippen LogP contribution in [0.3, 0.4) is 0 Å². The molecule has 0 aromatic carbocycles. The molecule has 0 unspecified atom stereocenters. The van der Waals surface area contributed by atoms with Gasteiger partial charge in [0.25, 0.3) is 0 Å². The number of carbonyl (C=O) groups is 3. The first kappa shape index (κ1) is 23.8. The van der Waals surface area contributed by atoms with Gasteiger partial charge in [-0.15, -0.1) is 0 Å². The molecule has 0 spiro atoms. The van der Waals surface area contributed by atoms with Crippen LogP contribution < -0.4 is 0 Å². The molecule has 6 heteroatoms. The van der Waals surface area contributed by atoms with Gasteiger partial charge in [0.1, 0.15) is 17.7 Å². The number of ketones is 2. The Morgan fingerprint density at radius 2 is 1.26 bits per heavy atom. The Hall–Kier alpha value is -1.27. The van der Waals surface area contributed by atoms with Crippen LogP contribution in [-0.2, 0) is 19.1 Å². The van der Waals surface area contributed by atoms with E-state index in [-0.39, 0.29) is 17.5 Å². The van der Waals surface area contributed by atoms with Crippen molar-refractivity contribution in [3.63, 3.8) is 0 Å². The number of carbonyl (C=O) groups excluding carboxylic acids is 3. The van der Waals surface area contributed by atoms with Crippen molar-refractivity contribution >= 4 is 17.5 Å². The fourth-order valence-corrected chi connectivity index (χ4v) is 4.06. The largest absolute Gasteiger partial charge is 0.462 e. The topological polar surface area (TPSA) is 101 Å². The highest BCUT2D eigenvalue weighted by molar-refractivity contribution is 5.87. The molecule has 1 rings (SSSR count). The van der Waals surface area contributed by atoms with Gasteiger partial charge in [-0.1, -0.05) is 41.5 Å². The van der Waals surface area contributed by atoms with E-state index in [4.69, 9.17) is 4.74 Å². The minimum atomic E-state index is -1.15. The van der Waals surface area contributed by atoms with Crippen LogP contribution in [0, 0.1) is 35.5 Å². The molecule has 1 heterocycles. The van der Waals surface area contributed by atoms with Gasteiger partial charge in [-0.3, -0.25) is 14.4 Å². The molecule has 0 saturated carbocycles. The lowest BCUT2D eigenvalue weighted by Crippen LogP contribution is -2.44. The van der Waals surface area contributed by atoms with Crippen molar-refractivity contribution < 1.29 is 29.3 Å². The Morgan fingerprint density at radius 1 is 0.815 bits per heavy atom. The van der Waals surface area contributed by atoms with Crippen LogP contribution in [0.2, 0.25) is 0 Å². The predicted octanol–water partition coefficient (Wildman–Crippen LogP) is 2.39. The van der Waals surface area contributed by atoms with Gasteiger partial charge in [-0.25, -0.2) is 0 Å². The Bertz CT molecular complexity index is 545.